The van der Waals surface area contributed by atoms with Gasteiger partial charge in [0.05, 0.1) is 19.8 Å². The van der Waals surface area contributed by atoms with Crippen LogP contribution in [0.3, 0.4) is 0 Å². The lowest BCUT2D eigenvalue weighted by Gasteiger charge is -2.30. The summed E-state index contributed by atoms with van der Waals surface area (Å²) in [4.78, 5) is 12.8. The van der Waals surface area contributed by atoms with Crippen LogP contribution in [0.1, 0.15) is 65.4 Å². The van der Waals surface area contributed by atoms with Gasteiger partial charge in [0, 0.05) is 44.2 Å². The van der Waals surface area contributed by atoms with Crippen molar-refractivity contribution in [2.45, 2.75) is 83.9 Å². The Bertz CT molecular complexity index is 828. The Morgan fingerprint density at radius 3 is 2.35 bits per heavy atom. The number of carbonyl (C=O) groups excluding carboxylic acids is 1. The first kappa shape index (κ1) is 31.3. The van der Waals surface area contributed by atoms with E-state index in [-0.39, 0.29) is 29.2 Å². The van der Waals surface area contributed by atoms with Gasteiger partial charge < -0.3 is 36.1 Å². The molecule has 1 aliphatic carbocycles. The quantitative estimate of drug-likeness (QED) is 0.218. The van der Waals surface area contributed by atoms with Crippen molar-refractivity contribution < 1.29 is 24.1 Å². The molecule has 6 N–H and O–H groups in total. The zero-order valence-corrected chi connectivity index (χ0v) is 23.8. The first-order chi connectivity index (χ1) is 17.5. The van der Waals surface area contributed by atoms with Crippen LogP contribution in [0.2, 0.25) is 0 Å². The highest BCUT2D eigenvalue weighted by Gasteiger charge is 2.39. The van der Waals surface area contributed by atoms with E-state index in [1.165, 1.54) is 0 Å². The minimum absolute atomic E-state index is 0.0466. The summed E-state index contributed by atoms with van der Waals surface area (Å²) in [6, 6.07) is 5.60. The largest absolute Gasteiger partial charge is 0.493 e. The van der Waals surface area contributed by atoms with E-state index in [4.69, 9.17) is 25.7 Å². The molecule has 0 bridgehead atoms. The van der Waals surface area contributed by atoms with Crippen LogP contribution in [-0.2, 0) is 16.0 Å². The third-order valence-electron chi connectivity index (χ3n) is 7.63. The Hall–Kier alpha value is -1.87. The van der Waals surface area contributed by atoms with Gasteiger partial charge in [0.25, 0.3) is 0 Å². The molecular formula is C29H51N3O5. The Labute approximate surface area is 223 Å². The number of benzene rings is 1. The number of methoxy groups -OCH3 is 2. The van der Waals surface area contributed by atoms with Gasteiger partial charge in [-0.2, -0.15) is 0 Å². The molecule has 1 aromatic rings. The molecule has 0 saturated heterocycles. The molecule has 8 heteroatoms. The van der Waals surface area contributed by atoms with Crippen molar-refractivity contribution in [2.75, 3.05) is 34.0 Å². The van der Waals surface area contributed by atoms with Crippen molar-refractivity contribution in [1.29, 1.82) is 0 Å². The molecule has 0 radical (unpaired) electrons. The highest BCUT2D eigenvalue weighted by molar-refractivity contribution is 5.79. The molecule has 1 fully saturated rings. The third kappa shape index (κ3) is 10.4. The Kier molecular flexibility index (Phi) is 12.6. The highest BCUT2D eigenvalue weighted by Crippen LogP contribution is 2.33. The lowest BCUT2D eigenvalue weighted by molar-refractivity contribution is -0.127. The van der Waals surface area contributed by atoms with Crippen LogP contribution in [-0.4, -0.2) is 62.7 Å². The molecule has 0 spiro atoms. The van der Waals surface area contributed by atoms with Crippen LogP contribution >= 0.6 is 0 Å². The second kappa shape index (κ2) is 14.9. The standard InChI is InChI=1S/C29H51N3O5/c1-19(2)22(14-21-8-9-26(36-6)27(15-21)37-13-7-12-35-5)16-24(30)25(33)17-23(20(3)4)28(34)32-18-29(31)10-11-29/h8-9,15,19-20,22-25,33H,7,10-14,16-18,30-31H2,1-6H3,(H,32,34)/t22-,23-,24-,25-/m0/s1. The number of aliphatic hydroxyl groups is 1. The number of carbonyl (C=O) groups is 1. The number of ether oxygens (including phenoxy) is 3. The molecule has 0 aliphatic heterocycles. The van der Waals surface area contributed by atoms with E-state index in [0.29, 0.717) is 44.3 Å². The normalized spacial score (nSPS) is 17.8. The summed E-state index contributed by atoms with van der Waals surface area (Å²) in [5.41, 5.74) is 13.5. The molecule has 37 heavy (non-hydrogen) atoms. The molecule has 212 valence electrons. The predicted octanol–water partition coefficient (Wildman–Crippen LogP) is 3.27. The summed E-state index contributed by atoms with van der Waals surface area (Å²) in [6.45, 7) is 10.1. The topological polar surface area (TPSA) is 129 Å². The minimum atomic E-state index is -0.761. The van der Waals surface area contributed by atoms with Crippen LogP contribution in [0.15, 0.2) is 18.2 Å². The van der Waals surface area contributed by atoms with E-state index < -0.39 is 12.1 Å². The van der Waals surface area contributed by atoms with Gasteiger partial charge in [0.2, 0.25) is 5.91 Å². The van der Waals surface area contributed by atoms with Gasteiger partial charge >= 0.3 is 0 Å². The fourth-order valence-corrected chi connectivity index (χ4v) is 4.60. The number of nitrogens with one attached hydrogen (secondary N) is 1. The van der Waals surface area contributed by atoms with Crippen molar-refractivity contribution in [2.24, 2.45) is 35.1 Å². The van der Waals surface area contributed by atoms with Gasteiger partial charge in [0.1, 0.15) is 0 Å². The van der Waals surface area contributed by atoms with E-state index in [1.54, 1.807) is 14.2 Å². The lowest BCUT2D eigenvalue weighted by atomic mass is 9.81. The molecule has 0 heterocycles. The summed E-state index contributed by atoms with van der Waals surface area (Å²) < 4.78 is 16.5. The van der Waals surface area contributed by atoms with Crippen molar-refractivity contribution in [3.63, 3.8) is 0 Å². The van der Waals surface area contributed by atoms with Gasteiger partial charge in [-0.25, -0.2) is 0 Å². The average Bonchev–Trinajstić information content (AvgIpc) is 3.60. The smallest absolute Gasteiger partial charge is 0.223 e. The highest BCUT2D eigenvalue weighted by atomic mass is 16.5. The van der Waals surface area contributed by atoms with Crippen molar-refractivity contribution in [1.82, 2.24) is 5.32 Å². The van der Waals surface area contributed by atoms with E-state index in [0.717, 1.165) is 37.0 Å². The summed E-state index contributed by atoms with van der Waals surface area (Å²) in [5.74, 6) is 1.80. The average molecular weight is 522 g/mol. The van der Waals surface area contributed by atoms with Crippen molar-refractivity contribution in [3.8, 4) is 11.5 Å². The number of aliphatic hydroxyl groups excluding tert-OH is 1. The molecule has 4 atom stereocenters. The SMILES string of the molecule is COCCCOc1cc(C[C@@H](C[C@H](N)[C@@H](O)C[C@H](C(=O)NCC2(N)CC2)C(C)C)C(C)C)ccc1OC. The molecule has 0 aromatic heterocycles. The minimum Gasteiger partial charge on any atom is -0.493 e. The van der Waals surface area contributed by atoms with Gasteiger partial charge in [-0.1, -0.05) is 33.8 Å². The van der Waals surface area contributed by atoms with Gasteiger partial charge in [-0.05, 0) is 67.6 Å². The van der Waals surface area contributed by atoms with Crippen LogP contribution in [0.25, 0.3) is 0 Å². The number of nitrogens with two attached hydrogens (primary N) is 2. The molecular weight excluding hydrogens is 470 g/mol. The second-order valence-corrected chi connectivity index (χ2v) is 11.5. The van der Waals surface area contributed by atoms with Gasteiger partial charge in [-0.3, -0.25) is 4.79 Å². The number of rotatable bonds is 18. The Balaban J connectivity index is 1.99. The lowest BCUT2D eigenvalue weighted by Crippen LogP contribution is -2.45. The Morgan fingerprint density at radius 1 is 1.08 bits per heavy atom. The van der Waals surface area contributed by atoms with Crippen molar-refractivity contribution in [3.05, 3.63) is 23.8 Å². The monoisotopic (exact) mass is 521 g/mol. The Morgan fingerprint density at radius 2 is 1.78 bits per heavy atom. The van der Waals surface area contributed by atoms with E-state index in [2.05, 4.69) is 25.2 Å². The van der Waals surface area contributed by atoms with E-state index >= 15 is 0 Å². The summed E-state index contributed by atoms with van der Waals surface area (Å²) in [5, 5.41) is 14.0. The van der Waals surface area contributed by atoms with Gasteiger partial charge in [-0.15, -0.1) is 0 Å². The van der Waals surface area contributed by atoms with E-state index in [1.807, 2.05) is 26.0 Å². The zero-order valence-electron chi connectivity index (χ0n) is 23.8. The number of amides is 1. The first-order valence-corrected chi connectivity index (χ1v) is 13.8. The zero-order chi connectivity index (χ0) is 27.6. The molecule has 1 amide bonds. The van der Waals surface area contributed by atoms with Crippen LogP contribution < -0.4 is 26.3 Å². The molecule has 1 aliphatic rings. The van der Waals surface area contributed by atoms with Crippen LogP contribution in [0, 0.1) is 23.7 Å². The van der Waals surface area contributed by atoms with E-state index in [9.17, 15) is 9.90 Å². The predicted molar refractivity (Wildman–Crippen MR) is 148 cm³/mol. The fourth-order valence-electron chi connectivity index (χ4n) is 4.60. The summed E-state index contributed by atoms with van der Waals surface area (Å²) >= 11 is 0. The maximum atomic E-state index is 12.8. The van der Waals surface area contributed by atoms with Gasteiger partial charge in [0.15, 0.2) is 11.5 Å². The third-order valence-corrected chi connectivity index (χ3v) is 7.63. The molecule has 1 aromatic carbocycles. The number of hydrogen-bond donors (Lipinski definition) is 4. The molecule has 1 saturated carbocycles. The summed E-state index contributed by atoms with van der Waals surface area (Å²) in [6.07, 6.45) is 3.74. The first-order valence-electron chi connectivity index (χ1n) is 13.8. The maximum absolute atomic E-state index is 12.8. The molecule has 8 nitrogen and oxygen atoms in total. The summed E-state index contributed by atoms with van der Waals surface area (Å²) in [7, 11) is 3.32. The molecule has 0 unspecified atom stereocenters. The maximum Gasteiger partial charge on any atom is 0.223 e. The van der Waals surface area contributed by atoms with Crippen LogP contribution in [0.5, 0.6) is 11.5 Å². The van der Waals surface area contributed by atoms with Crippen molar-refractivity contribution >= 4 is 5.91 Å². The fraction of sp³-hybridized carbons (Fsp3) is 0.759. The molecule has 2 rings (SSSR count). The second-order valence-electron chi connectivity index (χ2n) is 11.5. The van der Waals surface area contributed by atoms with Crippen LogP contribution in [0.4, 0.5) is 0 Å². The number of hydrogen-bond acceptors (Lipinski definition) is 7.